The third-order valence-electron chi connectivity index (χ3n) is 8.46. The molecule has 2 aliphatic carbocycles. The molecule has 1 aromatic rings. The molecular formula is C33H46O3. The van der Waals surface area contributed by atoms with E-state index < -0.39 is 5.97 Å². The summed E-state index contributed by atoms with van der Waals surface area (Å²) in [6.07, 6.45) is 18.2. The Kier molecular flexibility index (Phi) is 11.2. The number of carbonyl (C=O) groups excluding carboxylic acids is 1. The first-order valence-electron chi connectivity index (χ1n) is 14.3. The SMILES string of the molecule is C=C(/C=C\C1=C(C)CCC(C(=O)CCCCCC)CC1)c1ccc(C2CCC(CC(=O)O)CC2)cc1. The molecule has 0 bridgehead atoms. The fourth-order valence-electron chi connectivity index (χ4n) is 5.93. The lowest BCUT2D eigenvalue weighted by Gasteiger charge is -2.28. The van der Waals surface area contributed by atoms with Crippen LogP contribution in [-0.4, -0.2) is 16.9 Å². The number of hydrogen-bond donors (Lipinski definition) is 1. The van der Waals surface area contributed by atoms with Crippen molar-refractivity contribution >= 4 is 17.3 Å². The summed E-state index contributed by atoms with van der Waals surface area (Å²) >= 11 is 0. The van der Waals surface area contributed by atoms with Crippen LogP contribution in [0.1, 0.15) is 121 Å². The molecule has 196 valence electrons. The molecule has 3 nitrogen and oxygen atoms in total. The minimum atomic E-state index is -0.671. The smallest absolute Gasteiger partial charge is 0.303 e. The Hall–Kier alpha value is -2.42. The molecule has 0 amide bonds. The van der Waals surface area contributed by atoms with E-state index in [2.05, 4.69) is 56.8 Å². The number of rotatable bonds is 12. The maximum absolute atomic E-state index is 12.7. The Morgan fingerprint density at radius 3 is 2.33 bits per heavy atom. The molecule has 1 unspecified atom stereocenters. The summed E-state index contributed by atoms with van der Waals surface area (Å²) in [6, 6.07) is 8.80. The van der Waals surface area contributed by atoms with Gasteiger partial charge in [-0.3, -0.25) is 9.59 Å². The summed E-state index contributed by atoms with van der Waals surface area (Å²) in [4.78, 5) is 23.7. The normalized spacial score (nSPS) is 23.0. The van der Waals surface area contributed by atoms with Crippen LogP contribution in [0.4, 0.5) is 0 Å². The van der Waals surface area contributed by atoms with Crippen LogP contribution in [0.2, 0.25) is 0 Å². The van der Waals surface area contributed by atoms with Gasteiger partial charge in [0, 0.05) is 18.8 Å². The maximum atomic E-state index is 12.7. The van der Waals surface area contributed by atoms with Crippen molar-refractivity contribution in [1.29, 1.82) is 0 Å². The molecular weight excluding hydrogens is 444 g/mol. The number of carbonyl (C=O) groups is 2. The molecule has 0 heterocycles. The van der Waals surface area contributed by atoms with E-state index in [0.29, 0.717) is 24.0 Å². The van der Waals surface area contributed by atoms with E-state index in [4.69, 9.17) is 5.11 Å². The lowest BCUT2D eigenvalue weighted by atomic mass is 9.77. The molecule has 3 rings (SSSR count). The molecule has 3 heteroatoms. The number of hydrogen-bond acceptors (Lipinski definition) is 2. The van der Waals surface area contributed by atoms with Crippen LogP contribution in [0.15, 0.2) is 54.1 Å². The monoisotopic (exact) mass is 490 g/mol. The first-order chi connectivity index (χ1) is 17.4. The van der Waals surface area contributed by atoms with Crippen LogP contribution in [0.25, 0.3) is 5.57 Å². The van der Waals surface area contributed by atoms with E-state index >= 15 is 0 Å². The number of ketones is 1. The highest BCUT2D eigenvalue weighted by Gasteiger charge is 2.24. The van der Waals surface area contributed by atoms with Crippen molar-refractivity contribution in [1.82, 2.24) is 0 Å². The van der Waals surface area contributed by atoms with E-state index in [1.165, 1.54) is 36.0 Å². The third kappa shape index (κ3) is 8.61. The van der Waals surface area contributed by atoms with Crippen LogP contribution < -0.4 is 0 Å². The first-order valence-corrected chi connectivity index (χ1v) is 14.3. The number of aliphatic carboxylic acids is 1. The fraction of sp³-hybridized carbons (Fsp3) is 0.576. The topological polar surface area (TPSA) is 54.4 Å². The quantitative estimate of drug-likeness (QED) is 0.235. The number of carboxylic acid groups (broad SMARTS) is 1. The van der Waals surface area contributed by atoms with Crippen molar-refractivity contribution < 1.29 is 14.7 Å². The molecule has 1 atom stereocenters. The molecule has 36 heavy (non-hydrogen) atoms. The summed E-state index contributed by atoms with van der Waals surface area (Å²) in [5.74, 6) is 0.902. The number of allylic oxidation sites excluding steroid dienone is 5. The maximum Gasteiger partial charge on any atom is 0.303 e. The molecule has 0 saturated heterocycles. The van der Waals surface area contributed by atoms with Crippen molar-refractivity contribution in [3.8, 4) is 0 Å². The Bertz CT molecular complexity index is 942. The van der Waals surface area contributed by atoms with Crippen molar-refractivity contribution in [2.24, 2.45) is 11.8 Å². The van der Waals surface area contributed by atoms with E-state index in [1.54, 1.807) is 0 Å². The Labute approximate surface area is 218 Å². The van der Waals surface area contributed by atoms with Gasteiger partial charge in [-0.2, -0.15) is 0 Å². The van der Waals surface area contributed by atoms with Crippen molar-refractivity contribution in [3.63, 3.8) is 0 Å². The van der Waals surface area contributed by atoms with Crippen LogP contribution in [0.3, 0.4) is 0 Å². The van der Waals surface area contributed by atoms with Gasteiger partial charge < -0.3 is 5.11 Å². The summed E-state index contributed by atoms with van der Waals surface area (Å²) in [5, 5.41) is 9.03. The second kappa shape index (κ2) is 14.4. The number of unbranched alkanes of at least 4 members (excludes halogenated alkanes) is 3. The third-order valence-corrected chi connectivity index (χ3v) is 8.46. The summed E-state index contributed by atoms with van der Waals surface area (Å²) in [5.41, 5.74) is 6.29. The first kappa shape index (κ1) is 28.2. The van der Waals surface area contributed by atoms with Gasteiger partial charge in [-0.1, -0.05) is 74.8 Å². The van der Waals surface area contributed by atoms with Gasteiger partial charge in [-0.05, 0) is 98.8 Å². The molecule has 0 aromatic heterocycles. The molecule has 1 aromatic carbocycles. The summed E-state index contributed by atoms with van der Waals surface area (Å²) < 4.78 is 0. The zero-order valence-electron chi connectivity index (χ0n) is 22.6. The second-order valence-corrected chi connectivity index (χ2v) is 11.2. The van der Waals surface area contributed by atoms with Gasteiger partial charge in [0.15, 0.2) is 0 Å². The number of carboxylic acids is 1. The summed E-state index contributed by atoms with van der Waals surface area (Å²) in [6.45, 7) is 8.74. The highest BCUT2D eigenvalue weighted by atomic mass is 16.4. The highest BCUT2D eigenvalue weighted by molar-refractivity contribution is 5.81. The minimum Gasteiger partial charge on any atom is -0.481 e. The molecule has 0 spiro atoms. The average molecular weight is 491 g/mol. The van der Waals surface area contributed by atoms with Crippen LogP contribution in [-0.2, 0) is 9.59 Å². The van der Waals surface area contributed by atoms with E-state index in [9.17, 15) is 9.59 Å². The van der Waals surface area contributed by atoms with Gasteiger partial charge in [-0.15, -0.1) is 0 Å². The van der Waals surface area contributed by atoms with Gasteiger partial charge in [0.2, 0.25) is 0 Å². The fourth-order valence-corrected chi connectivity index (χ4v) is 5.93. The molecule has 0 aliphatic heterocycles. The van der Waals surface area contributed by atoms with Crippen LogP contribution in [0.5, 0.6) is 0 Å². The van der Waals surface area contributed by atoms with Gasteiger partial charge in [-0.25, -0.2) is 0 Å². The zero-order chi connectivity index (χ0) is 25.9. The zero-order valence-corrected chi connectivity index (χ0v) is 22.6. The predicted molar refractivity (Wildman–Crippen MR) is 150 cm³/mol. The van der Waals surface area contributed by atoms with E-state index in [-0.39, 0.29) is 5.92 Å². The van der Waals surface area contributed by atoms with Gasteiger partial charge in [0.1, 0.15) is 5.78 Å². The van der Waals surface area contributed by atoms with Crippen LogP contribution in [0, 0.1) is 11.8 Å². The number of benzene rings is 1. The van der Waals surface area contributed by atoms with Crippen molar-refractivity contribution in [3.05, 3.63) is 65.3 Å². The van der Waals surface area contributed by atoms with Crippen molar-refractivity contribution in [2.75, 3.05) is 0 Å². The summed E-state index contributed by atoms with van der Waals surface area (Å²) in [7, 11) is 0. The molecule has 1 fully saturated rings. The second-order valence-electron chi connectivity index (χ2n) is 11.2. The van der Waals surface area contributed by atoms with E-state index in [0.717, 1.165) is 75.3 Å². The Morgan fingerprint density at radius 2 is 1.67 bits per heavy atom. The minimum absolute atomic E-state index is 0.224. The molecule has 1 saturated carbocycles. The van der Waals surface area contributed by atoms with E-state index in [1.807, 2.05) is 0 Å². The highest BCUT2D eigenvalue weighted by Crippen LogP contribution is 2.37. The van der Waals surface area contributed by atoms with Crippen molar-refractivity contribution in [2.45, 2.75) is 110 Å². The number of Topliss-reactive ketones (excluding diaryl/α,β-unsaturated/α-hetero) is 1. The molecule has 1 N–H and O–H groups in total. The lowest BCUT2D eigenvalue weighted by Crippen LogP contribution is -2.16. The Balaban J connectivity index is 1.50. The van der Waals surface area contributed by atoms with Gasteiger partial charge in [0.25, 0.3) is 0 Å². The predicted octanol–water partition coefficient (Wildman–Crippen LogP) is 9.05. The average Bonchev–Trinajstić information content (AvgIpc) is 3.06. The molecule has 0 radical (unpaired) electrons. The Morgan fingerprint density at radius 1 is 0.972 bits per heavy atom. The van der Waals surface area contributed by atoms with Crippen LogP contribution >= 0.6 is 0 Å². The lowest BCUT2D eigenvalue weighted by molar-refractivity contribution is -0.138. The largest absolute Gasteiger partial charge is 0.481 e. The van der Waals surface area contributed by atoms with Gasteiger partial charge >= 0.3 is 5.97 Å². The standard InChI is InChI=1S/C33H46O3/c1-4-5-6-7-8-32(34)31-14-10-25(3)27(19-22-31)13-9-24(2)28-17-20-30(21-18-28)29-15-11-26(12-16-29)23-33(35)36/h9,13,17-18,20-21,26,29,31H,2,4-8,10-12,14-16,19,22-23H2,1,3H3,(H,35,36)/b13-9-. The molecule has 2 aliphatic rings. The van der Waals surface area contributed by atoms with Gasteiger partial charge in [0.05, 0.1) is 0 Å².